The first kappa shape index (κ1) is 20.8. The summed E-state index contributed by atoms with van der Waals surface area (Å²) in [5.74, 6) is 1.62. The molecule has 0 aliphatic heterocycles. The molecule has 1 amide bonds. The lowest BCUT2D eigenvalue weighted by Crippen LogP contribution is -2.40. The van der Waals surface area contributed by atoms with Crippen LogP contribution in [0.2, 0.25) is 0 Å². The summed E-state index contributed by atoms with van der Waals surface area (Å²) in [6.45, 7) is 12.8. The number of nitrogens with one attached hydrogen (secondary N) is 3. The van der Waals surface area contributed by atoms with Gasteiger partial charge in [-0.25, -0.2) is 0 Å². The molecule has 1 aromatic carbocycles. The first-order valence-corrected chi connectivity index (χ1v) is 8.83. The van der Waals surface area contributed by atoms with Crippen molar-refractivity contribution in [2.75, 3.05) is 32.8 Å². The molecule has 0 atom stereocenters. The zero-order chi connectivity index (χ0) is 18.7. The molecule has 0 unspecified atom stereocenters. The van der Waals surface area contributed by atoms with Gasteiger partial charge in [-0.15, -0.1) is 0 Å². The highest BCUT2D eigenvalue weighted by Gasteiger charge is 2.20. The number of benzene rings is 1. The van der Waals surface area contributed by atoms with Crippen LogP contribution in [-0.2, 0) is 4.79 Å². The van der Waals surface area contributed by atoms with Gasteiger partial charge < -0.3 is 20.7 Å². The van der Waals surface area contributed by atoms with E-state index in [0.29, 0.717) is 26.2 Å². The van der Waals surface area contributed by atoms with Gasteiger partial charge in [0.1, 0.15) is 12.4 Å². The zero-order valence-electron chi connectivity index (χ0n) is 16.1. The third-order valence-corrected chi connectivity index (χ3v) is 3.38. The molecule has 0 radical (unpaired) electrons. The number of aryl methyl sites for hydroxylation is 1. The van der Waals surface area contributed by atoms with Gasteiger partial charge in [0.05, 0.1) is 13.1 Å². The number of carbonyl (C=O) groups excluding carboxylic acids is 1. The smallest absolute Gasteiger partial charge is 0.225 e. The number of aliphatic imine (C=N–C) groups is 1. The van der Waals surface area contributed by atoms with Crippen molar-refractivity contribution in [1.82, 2.24) is 16.0 Å². The number of hydrogen-bond donors (Lipinski definition) is 3. The number of ether oxygens (including phenoxy) is 1. The van der Waals surface area contributed by atoms with Crippen molar-refractivity contribution in [1.29, 1.82) is 0 Å². The van der Waals surface area contributed by atoms with Crippen molar-refractivity contribution in [3.05, 3.63) is 29.8 Å². The third-order valence-electron chi connectivity index (χ3n) is 3.38. The van der Waals surface area contributed by atoms with Gasteiger partial charge in [0, 0.05) is 18.5 Å². The fourth-order valence-corrected chi connectivity index (χ4v) is 1.92. The minimum absolute atomic E-state index is 0.0344. The first-order chi connectivity index (χ1) is 11.8. The summed E-state index contributed by atoms with van der Waals surface area (Å²) in [5, 5.41) is 9.29. The molecular formula is C19H32N4O2. The Hall–Kier alpha value is -2.24. The van der Waals surface area contributed by atoms with E-state index in [4.69, 9.17) is 4.74 Å². The molecule has 6 nitrogen and oxygen atoms in total. The van der Waals surface area contributed by atoms with Gasteiger partial charge in [-0.05, 0) is 26.0 Å². The number of rotatable bonds is 8. The molecule has 6 heteroatoms. The quantitative estimate of drug-likeness (QED) is 0.382. The fourth-order valence-electron chi connectivity index (χ4n) is 1.92. The first-order valence-electron chi connectivity index (χ1n) is 8.83. The zero-order valence-corrected chi connectivity index (χ0v) is 16.1. The monoisotopic (exact) mass is 348 g/mol. The Morgan fingerprint density at radius 2 is 1.76 bits per heavy atom. The van der Waals surface area contributed by atoms with Crippen LogP contribution in [0.25, 0.3) is 0 Å². The molecule has 3 N–H and O–H groups in total. The van der Waals surface area contributed by atoms with Gasteiger partial charge in [-0.2, -0.15) is 0 Å². The van der Waals surface area contributed by atoms with Crippen LogP contribution in [-0.4, -0.2) is 44.7 Å². The van der Waals surface area contributed by atoms with Crippen LogP contribution in [0, 0.1) is 12.3 Å². The molecule has 0 fully saturated rings. The maximum absolute atomic E-state index is 11.8. The van der Waals surface area contributed by atoms with Crippen molar-refractivity contribution in [2.45, 2.75) is 34.6 Å². The van der Waals surface area contributed by atoms with Crippen LogP contribution < -0.4 is 20.7 Å². The topological polar surface area (TPSA) is 74.8 Å². The fraction of sp³-hybridized carbons (Fsp3) is 0.579. The number of hydrogen-bond acceptors (Lipinski definition) is 3. The van der Waals surface area contributed by atoms with Gasteiger partial charge in [-0.1, -0.05) is 38.5 Å². The number of carbonyl (C=O) groups is 1. The maximum Gasteiger partial charge on any atom is 0.225 e. The van der Waals surface area contributed by atoms with E-state index in [1.165, 1.54) is 5.56 Å². The van der Waals surface area contributed by atoms with Gasteiger partial charge in [0.25, 0.3) is 0 Å². The lowest BCUT2D eigenvalue weighted by Gasteiger charge is -2.17. The van der Waals surface area contributed by atoms with Gasteiger partial charge >= 0.3 is 0 Å². The minimum atomic E-state index is -0.375. The number of guanidine groups is 1. The van der Waals surface area contributed by atoms with E-state index in [1.807, 2.05) is 52.0 Å². The Bertz CT molecular complexity index is 548. The molecule has 0 aliphatic rings. The summed E-state index contributed by atoms with van der Waals surface area (Å²) in [6, 6.07) is 7.99. The largest absolute Gasteiger partial charge is 0.492 e. The molecule has 0 aliphatic carbocycles. The van der Waals surface area contributed by atoms with E-state index in [0.717, 1.165) is 18.3 Å². The Labute approximate surface area is 151 Å². The van der Waals surface area contributed by atoms with Crippen molar-refractivity contribution in [2.24, 2.45) is 10.4 Å². The predicted octanol–water partition coefficient (Wildman–Crippen LogP) is 2.09. The van der Waals surface area contributed by atoms with Crippen molar-refractivity contribution < 1.29 is 9.53 Å². The molecule has 0 saturated heterocycles. The van der Waals surface area contributed by atoms with E-state index in [-0.39, 0.29) is 11.3 Å². The Morgan fingerprint density at radius 1 is 1.08 bits per heavy atom. The number of amides is 1. The van der Waals surface area contributed by atoms with Crippen LogP contribution in [0.3, 0.4) is 0 Å². The SMILES string of the molecule is CCNC(=NCCNC(=O)C(C)(C)C)NCCOc1ccc(C)cc1. The Morgan fingerprint density at radius 3 is 2.36 bits per heavy atom. The highest BCUT2D eigenvalue weighted by molar-refractivity contribution is 5.81. The highest BCUT2D eigenvalue weighted by atomic mass is 16.5. The third kappa shape index (κ3) is 8.98. The van der Waals surface area contributed by atoms with E-state index >= 15 is 0 Å². The summed E-state index contributed by atoms with van der Waals surface area (Å²) in [5.41, 5.74) is 0.838. The van der Waals surface area contributed by atoms with Crippen LogP contribution in [0.15, 0.2) is 29.3 Å². The molecule has 1 rings (SSSR count). The average Bonchev–Trinajstić information content (AvgIpc) is 2.55. The van der Waals surface area contributed by atoms with Crippen LogP contribution >= 0.6 is 0 Å². The maximum atomic E-state index is 11.8. The summed E-state index contributed by atoms with van der Waals surface area (Å²) < 4.78 is 5.68. The molecule has 25 heavy (non-hydrogen) atoms. The lowest BCUT2D eigenvalue weighted by atomic mass is 9.96. The molecule has 0 spiro atoms. The summed E-state index contributed by atoms with van der Waals surface area (Å²) in [4.78, 5) is 16.2. The van der Waals surface area contributed by atoms with E-state index in [9.17, 15) is 4.79 Å². The lowest BCUT2D eigenvalue weighted by molar-refractivity contribution is -0.128. The van der Waals surface area contributed by atoms with Gasteiger partial charge in [0.2, 0.25) is 5.91 Å². The summed E-state index contributed by atoms with van der Waals surface area (Å²) >= 11 is 0. The number of nitrogens with zero attached hydrogens (tertiary/aromatic N) is 1. The standard InChI is InChI=1S/C19H32N4O2/c1-6-20-18(22-12-11-21-17(24)19(3,4)5)23-13-14-25-16-9-7-15(2)8-10-16/h7-10H,6,11-14H2,1-5H3,(H,21,24)(H2,20,22,23). The predicted molar refractivity (Wildman–Crippen MR) is 103 cm³/mol. The van der Waals surface area contributed by atoms with Crippen molar-refractivity contribution >= 4 is 11.9 Å². The molecule has 0 saturated carbocycles. The highest BCUT2D eigenvalue weighted by Crippen LogP contribution is 2.12. The van der Waals surface area contributed by atoms with E-state index in [2.05, 4.69) is 27.9 Å². The van der Waals surface area contributed by atoms with E-state index < -0.39 is 0 Å². The van der Waals surface area contributed by atoms with Crippen molar-refractivity contribution in [3.63, 3.8) is 0 Å². The van der Waals surface area contributed by atoms with Gasteiger partial charge in [0.15, 0.2) is 5.96 Å². The second-order valence-electron chi connectivity index (χ2n) is 6.85. The molecule has 0 bridgehead atoms. The molecule has 1 aromatic rings. The normalized spacial score (nSPS) is 11.8. The van der Waals surface area contributed by atoms with Crippen LogP contribution in [0.4, 0.5) is 0 Å². The second-order valence-corrected chi connectivity index (χ2v) is 6.85. The second kappa shape index (κ2) is 10.6. The summed E-state index contributed by atoms with van der Waals surface area (Å²) in [7, 11) is 0. The van der Waals surface area contributed by atoms with E-state index in [1.54, 1.807) is 0 Å². The van der Waals surface area contributed by atoms with Crippen molar-refractivity contribution in [3.8, 4) is 5.75 Å². The minimum Gasteiger partial charge on any atom is -0.492 e. The van der Waals surface area contributed by atoms with Crippen LogP contribution in [0.1, 0.15) is 33.3 Å². The molecule has 0 aromatic heterocycles. The molecular weight excluding hydrogens is 316 g/mol. The van der Waals surface area contributed by atoms with Gasteiger partial charge in [-0.3, -0.25) is 9.79 Å². The summed E-state index contributed by atoms with van der Waals surface area (Å²) in [6.07, 6.45) is 0. The molecule has 140 valence electrons. The average molecular weight is 348 g/mol. The molecule has 0 heterocycles. The Kier molecular flexibility index (Phi) is 8.81. The van der Waals surface area contributed by atoms with Crippen LogP contribution in [0.5, 0.6) is 5.75 Å². The Balaban J connectivity index is 2.30.